The number of carbonyl (C=O) groups is 1. The Bertz CT molecular complexity index is 653. The van der Waals surface area contributed by atoms with Crippen LogP contribution in [-0.2, 0) is 6.42 Å². The van der Waals surface area contributed by atoms with E-state index in [4.69, 9.17) is 5.26 Å². The van der Waals surface area contributed by atoms with Gasteiger partial charge in [-0.3, -0.25) is 9.89 Å². The molecular weight excluding hydrogens is 228 g/mol. The minimum atomic E-state index is -0.0937. The van der Waals surface area contributed by atoms with Crippen LogP contribution in [0.15, 0.2) is 30.5 Å². The number of nitriles is 1. The summed E-state index contributed by atoms with van der Waals surface area (Å²) in [6.45, 7) is 0.611. The van der Waals surface area contributed by atoms with Crippen LogP contribution in [0.4, 0.5) is 5.69 Å². The quantitative estimate of drug-likeness (QED) is 0.817. The smallest absolute Gasteiger partial charge is 0.276 e. The monoisotopic (exact) mass is 238 g/mol. The Hall–Kier alpha value is -2.61. The van der Waals surface area contributed by atoms with Gasteiger partial charge in [-0.05, 0) is 24.6 Å². The average molecular weight is 238 g/mol. The first-order chi connectivity index (χ1) is 8.79. The van der Waals surface area contributed by atoms with E-state index >= 15 is 0 Å². The fourth-order valence-electron chi connectivity index (χ4n) is 2.14. The zero-order chi connectivity index (χ0) is 12.5. The van der Waals surface area contributed by atoms with Crippen LogP contribution >= 0.6 is 0 Å². The summed E-state index contributed by atoms with van der Waals surface area (Å²) in [5.74, 6) is -0.0937. The molecular formula is C13H10N4O. The summed E-state index contributed by atoms with van der Waals surface area (Å²) in [7, 11) is 0. The highest BCUT2D eigenvalue weighted by molar-refractivity contribution is 6.06. The summed E-state index contributed by atoms with van der Waals surface area (Å²) in [6.07, 6.45) is 2.46. The second-order valence-corrected chi connectivity index (χ2v) is 4.14. The fraction of sp³-hybridized carbons (Fsp3) is 0.154. The average Bonchev–Trinajstić information content (AvgIpc) is 2.88. The Kier molecular flexibility index (Phi) is 2.34. The van der Waals surface area contributed by atoms with Crippen LogP contribution in [0.3, 0.4) is 0 Å². The highest BCUT2D eigenvalue weighted by Crippen LogP contribution is 2.23. The Balaban J connectivity index is 1.99. The predicted molar refractivity (Wildman–Crippen MR) is 65.1 cm³/mol. The number of fused-ring (bicyclic) bond motifs is 1. The van der Waals surface area contributed by atoms with E-state index in [9.17, 15) is 4.79 Å². The van der Waals surface area contributed by atoms with Gasteiger partial charge in [-0.2, -0.15) is 10.4 Å². The van der Waals surface area contributed by atoms with Crippen LogP contribution in [0.25, 0.3) is 0 Å². The second-order valence-electron chi connectivity index (χ2n) is 4.14. The lowest BCUT2D eigenvalue weighted by molar-refractivity contribution is 0.0976. The predicted octanol–water partition coefficient (Wildman–Crippen LogP) is 1.48. The maximum atomic E-state index is 12.2. The van der Waals surface area contributed by atoms with Crippen molar-refractivity contribution in [3.63, 3.8) is 0 Å². The van der Waals surface area contributed by atoms with Gasteiger partial charge in [-0.1, -0.05) is 6.07 Å². The Morgan fingerprint density at radius 3 is 3.17 bits per heavy atom. The van der Waals surface area contributed by atoms with Gasteiger partial charge in [0, 0.05) is 17.8 Å². The van der Waals surface area contributed by atoms with Crippen molar-refractivity contribution in [3.8, 4) is 6.07 Å². The Morgan fingerprint density at radius 2 is 2.33 bits per heavy atom. The molecule has 0 saturated carbocycles. The molecule has 0 saturated heterocycles. The van der Waals surface area contributed by atoms with Gasteiger partial charge in [-0.15, -0.1) is 0 Å². The number of aromatic amines is 1. The molecule has 3 rings (SSSR count). The molecule has 2 aromatic rings. The minimum absolute atomic E-state index is 0.0937. The molecule has 5 heteroatoms. The van der Waals surface area contributed by atoms with E-state index in [2.05, 4.69) is 16.3 Å². The Labute approximate surface area is 104 Å². The molecule has 0 fully saturated rings. The number of amides is 1. The van der Waals surface area contributed by atoms with Crippen molar-refractivity contribution in [1.29, 1.82) is 5.26 Å². The molecule has 1 aliphatic heterocycles. The first-order valence-electron chi connectivity index (χ1n) is 5.64. The molecule has 18 heavy (non-hydrogen) atoms. The van der Waals surface area contributed by atoms with Gasteiger partial charge in [0.15, 0.2) is 0 Å². The van der Waals surface area contributed by atoms with E-state index in [-0.39, 0.29) is 5.91 Å². The number of benzene rings is 1. The number of hydrogen-bond acceptors (Lipinski definition) is 3. The number of anilines is 1. The molecule has 88 valence electrons. The zero-order valence-corrected chi connectivity index (χ0v) is 9.55. The van der Waals surface area contributed by atoms with Crippen molar-refractivity contribution in [3.05, 3.63) is 47.3 Å². The van der Waals surface area contributed by atoms with E-state index in [0.29, 0.717) is 17.8 Å². The van der Waals surface area contributed by atoms with E-state index in [1.807, 2.05) is 6.07 Å². The number of hydrogen-bond donors (Lipinski definition) is 1. The summed E-state index contributed by atoms with van der Waals surface area (Å²) in [5, 5.41) is 15.5. The van der Waals surface area contributed by atoms with Gasteiger partial charge < -0.3 is 4.90 Å². The summed E-state index contributed by atoms with van der Waals surface area (Å²) in [6, 6.07) is 9.14. The van der Waals surface area contributed by atoms with Crippen molar-refractivity contribution in [2.75, 3.05) is 11.4 Å². The molecule has 0 bridgehead atoms. The molecule has 1 N–H and O–H groups in total. The van der Waals surface area contributed by atoms with Crippen LogP contribution in [-0.4, -0.2) is 22.6 Å². The van der Waals surface area contributed by atoms with Crippen molar-refractivity contribution in [2.24, 2.45) is 0 Å². The lowest BCUT2D eigenvalue weighted by Crippen LogP contribution is -2.37. The molecule has 2 heterocycles. The maximum absolute atomic E-state index is 12.2. The first-order valence-corrected chi connectivity index (χ1v) is 5.64. The highest BCUT2D eigenvalue weighted by atomic mass is 16.2. The normalized spacial score (nSPS) is 14.2. The molecule has 1 aromatic carbocycles. The molecule has 1 aliphatic rings. The van der Waals surface area contributed by atoms with Crippen molar-refractivity contribution < 1.29 is 4.79 Å². The van der Waals surface area contributed by atoms with Gasteiger partial charge in [-0.25, -0.2) is 0 Å². The fourth-order valence-corrected chi connectivity index (χ4v) is 2.14. The molecule has 0 aliphatic carbocycles. The standard InChI is InChI=1S/C13H10N4O/c14-7-9-2-1-3-11(6-9)17-5-4-10-8-15-16-12(10)13(17)18/h1-3,6,8H,4-5H2,(H,15,16). The van der Waals surface area contributed by atoms with Crippen molar-refractivity contribution in [2.45, 2.75) is 6.42 Å². The zero-order valence-electron chi connectivity index (χ0n) is 9.55. The number of nitrogens with zero attached hydrogens (tertiary/aromatic N) is 3. The number of rotatable bonds is 1. The van der Waals surface area contributed by atoms with Gasteiger partial charge in [0.05, 0.1) is 17.8 Å². The summed E-state index contributed by atoms with van der Waals surface area (Å²) >= 11 is 0. The van der Waals surface area contributed by atoms with Gasteiger partial charge in [0.1, 0.15) is 5.69 Å². The summed E-state index contributed by atoms with van der Waals surface area (Å²) in [5.41, 5.74) is 2.80. The van der Waals surface area contributed by atoms with Gasteiger partial charge >= 0.3 is 0 Å². The molecule has 5 nitrogen and oxygen atoms in total. The van der Waals surface area contributed by atoms with Crippen LogP contribution in [0.2, 0.25) is 0 Å². The largest absolute Gasteiger partial charge is 0.307 e. The summed E-state index contributed by atoms with van der Waals surface area (Å²) in [4.78, 5) is 13.9. The lowest BCUT2D eigenvalue weighted by atomic mass is 10.1. The van der Waals surface area contributed by atoms with E-state index in [1.54, 1.807) is 29.3 Å². The third-order valence-corrected chi connectivity index (χ3v) is 3.07. The molecule has 1 aromatic heterocycles. The molecule has 0 atom stereocenters. The van der Waals surface area contributed by atoms with E-state index in [1.165, 1.54) is 0 Å². The molecule has 0 spiro atoms. The number of aromatic nitrogens is 2. The molecule has 1 amide bonds. The van der Waals surface area contributed by atoms with Crippen LogP contribution in [0, 0.1) is 11.3 Å². The number of carbonyl (C=O) groups excluding carboxylic acids is 1. The number of H-pyrrole nitrogens is 1. The van der Waals surface area contributed by atoms with Crippen molar-refractivity contribution >= 4 is 11.6 Å². The van der Waals surface area contributed by atoms with E-state index < -0.39 is 0 Å². The van der Waals surface area contributed by atoms with Crippen LogP contribution in [0.1, 0.15) is 21.6 Å². The topological polar surface area (TPSA) is 72.8 Å². The third kappa shape index (κ3) is 1.55. The maximum Gasteiger partial charge on any atom is 0.276 e. The van der Waals surface area contributed by atoms with Crippen LogP contribution in [0.5, 0.6) is 0 Å². The second kappa shape index (κ2) is 4.00. The van der Waals surface area contributed by atoms with Gasteiger partial charge in [0.25, 0.3) is 5.91 Å². The summed E-state index contributed by atoms with van der Waals surface area (Å²) < 4.78 is 0. The number of nitrogens with one attached hydrogen (secondary N) is 1. The highest BCUT2D eigenvalue weighted by Gasteiger charge is 2.27. The SMILES string of the molecule is N#Cc1cccc(N2CCc3cn[nH]c3C2=O)c1. The van der Waals surface area contributed by atoms with E-state index in [0.717, 1.165) is 17.7 Å². The molecule has 0 unspecified atom stereocenters. The van der Waals surface area contributed by atoms with Crippen LogP contribution < -0.4 is 4.90 Å². The first kappa shape index (κ1) is 10.5. The van der Waals surface area contributed by atoms with Crippen molar-refractivity contribution in [1.82, 2.24) is 10.2 Å². The molecule has 0 radical (unpaired) electrons. The minimum Gasteiger partial charge on any atom is -0.307 e. The van der Waals surface area contributed by atoms with Gasteiger partial charge in [0.2, 0.25) is 0 Å². The Morgan fingerprint density at radius 1 is 1.44 bits per heavy atom. The lowest BCUT2D eigenvalue weighted by Gasteiger charge is -2.26. The third-order valence-electron chi connectivity index (χ3n) is 3.07.